The lowest BCUT2D eigenvalue weighted by Gasteiger charge is -2.13. The summed E-state index contributed by atoms with van der Waals surface area (Å²) in [5.74, 6) is 0. The fraction of sp³-hybridized carbons (Fsp3) is 0.727. The van der Waals surface area contributed by atoms with E-state index in [0.29, 0.717) is 18.7 Å². The summed E-state index contributed by atoms with van der Waals surface area (Å²) in [6, 6.07) is 0. The van der Waals surface area contributed by atoms with E-state index in [4.69, 9.17) is 0 Å². The smallest absolute Gasteiger partial charge is 0.257 e. The number of aromatic nitrogens is 2. The number of H-pyrrole nitrogens is 1. The topological polar surface area (TPSA) is 86.9 Å². The lowest BCUT2D eigenvalue weighted by Crippen LogP contribution is -2.32. The van der Waals surface area contributed by atoms with E-state index in [9.17, 15) is 8.42 Å². The Labute approximate surface area is 118 Å². The van der Waals surface area contributed by atoms with Gasteiger partial charge < -0.3 is 5.32 Å². The normalized spacial score (nSPS) is 17.6. The number of aromatic amines is 1. The molecule has 1 saturated carbocycles. The molecule has 19 heavy (non-hydrogen) atoms. The Balaban J connectivity index is 2.04. The summed E-state index contributed by atoms with van der Waals surface area (Å²) in [7, 11) is -3.50. The largest absolute Gasteiger partial charge is 0.313 e. The molecule has 2 rings (SSSR count). The van der Waals surface area contributed by atoms with Crippen LogP contribution in [0.15, 0.2) is 11.2 Å². The summed E-state index contributed by atoms with van der Waals surface area (Å²) >= 11 is 1.73. The second kappa shape index (κ2) is 5.82. The van der Waals surface area contributed by atoms with Gasteiger partial charge in [-0.05, 0) is 25.6 Å². The van der Waals surface area contributed by atoms with Crippen LogP contribution in [-0.4, -0.2) is 42.7 Å². The van der Waals surface area contributed by atoms with Gasteiger partial charge >= 0.3 is 0 Å². The first-order valence-corrected chi connectivity index (χ1v) is 9.01. The highest BCUT2D eigenvalue weighted by Crippen LogP contribution is 2.46. The lowest BCUT2D eigenvalue weighted by molar-refractivity contribution is 0.572. The van der Waals surface area contributed by atoms with Crippen molar-refractivity contribution in [2.45, 2.75) is 36.1 Å². The van der Waals surface area contributed by atoms with Crippen molar-refractivity contribution >= 4 is 21.8 Å². The molecule has 3 N–H and O–H groups in total. The Bertz CT molecular complexity index is 523. The minimum atomic E-state index is -3.50. The van der Waals surface area contributed by atoms with Crippen LogP contribution in [0.1, 0.15) is 25.3 Å². The van der Waals surface area contributed by atoms with Crippen LogP contribution in [0.2, 0.25) is 0 Å². The molecule has 0 saturated heterocycles. The number of thioether (sulfide) groups is 1. The summed E-state index contributed by atoms with van der Waals surface area (Å²) in [5, 5.41) is 9.69. The predicted molar refractivity (Wildman–Crippen MR) is 76.6 cm³/mol. The maximum absolute atomic E-state index is 12.2. The first-order chi connectivity index (χ1) is 9.03. The van der Waals surface area contributed by atoms with Gasteiger partial charge in [-0.15, -0.1) is 0 Å². The predicted octanol–water partition coefficient (Wildman–Crippen LogP) is 0.693. The van der Waals surface area contributed by atoms with Crippen molar-refractivity contribution in [3.63, 3.8) is 0 Å². The van der Waals surface area contributed by atoms with Gasteiger partial charge in [0.05, 0.1) is 6.20 Å². The first kappa shape index (κ1) is 14.8. The van der Waals surface area contributed by atoms with E-state index in [-0.39, 0.29) is 9.77 Å². The minimum Gasteiger partial charge on any atom is -0.313 e. The highest BCUT2D eigenvalue weighted by atomic mass is 32.2. The van der Waals surface area contributed by atoms with Crippen molar-refractivity contribution in [1.82, 2.24) is 20.2 Å². The van der Waals surface area contributed by atoms with E-state index in [0.717, 1.165) is 19.4 Å². The fourth-order valence-corrected chi connectivity index (χ4v) is 3.88. The second-order valence-corrected chi connectivity index (χ2v) is 7.69. The Morgan fingerprint density at radius 2 is 2.26 bits per heavy atom. The molecular weight excluding hydrogens is 284 g/mol. The van der Waals surface area contributed by atoms with Gasteiger partial charge in [0.2, 0.25) is 0 Å². The zero-order chi connectivity index (χ0) is 13.9. The SMILES string of the molecule is CCNCc1cn[nH]c1S(=O)(=O)NCC1(SC)CC1. The number of nitrogens with zero attached hydrogens (tertiary/aromatic N) is 1. The third-order valence-electron chi connectivity index (χ3n) is 3.34. The second-order valence-electron chi connectivity index (χ2n) is 4.72. The average Bonchev–Trinajstić information content (AvgIpc) is 3.03. The number of nitrogens with one attached hydrogen (secondary N) is 3. The van der Waals surface area contributed by atoms with Crippen LogP contribution >= 0.6 is 11.8 Å². The molecule has 1 heterocycles. The van der Waals surface area contributed by atoms with Gasteiger partial charge in [0.25, 0.3) is 10.0 Å². The Morgan fingerprint density at radius 1 is 1.53 bits per heavy atom. The van der Waals surface area contributed by atoms with Gasteiger partial charge in [-0.25, -0.2) is 13.1 Å². The maximum atomic E-state index is 12.2. The van der Waals surface area contributed by atoms with Gasteiger partial charge in [0.15, 0.2) is 5.03 Å². The van der Waals surface area contributed by atoms with Crippen molar-refractivity contribution in [1.29, 1.82) is 0 Å². The number of hydrogen-bond donors (Lipinski definition) is 3. The van der Waals surface area contributed by atoms with Crippen LogP contribution in [0.3, 0.4) is 0 Å². The standard InChI is InChI=1S/C11H20N4O2S2/c1-3-12-6-9-7-13-15-10(9)19(16,17)14-8-11(18-2)4-5-11/h7,12,14H,3-6,8H2,1-2H3,(H,13,15). The number of rotatable bonds is 8. The molecule has 0 unspecified atom stereocenters. The van der Waals surface area contributed by atoms with Crippen LogP contribution in [-0.2, 0) is 16.6 Å². The summed E-state index contributed by atoms with van der Waals surface area (Å²) in [6.45, 7) is 3.74. The molecule has 108 valence electrons. The molecule has 0 radical (unpaired) electrons. The lowest BCUT2D eigenvalue weighted by atomic mass is 10.3. The van der Waals surface area contributed by atoms with Crippen molar-refractivity contribution in [3.05, 3.63) is 11.8 Å². The first-order valence-electron chi connectivity index (χ1n) is 6.31. The molecule has 1 aromatic rings. The summed E-state index contributed by atoms with van der Waals surface area (Å²) in [5.41, 5.74) is 0.670. The van der Waals surface area contributed by atoms with Crippen molar-refractivity contribution in [2.24, 2.45) is 0 Å². The quantitative estimate of drug-likeness (QED) is 0.658. The Hall–Kier alpha value is -0.570. The third kappa shape index (κ3) is 3.50. The zero-order valence-electron chi connectivity index (χ0n) is 11.2. The number of sulfonamides is 1. The van der Waals surface area contributed by atoms with Gasteiger partial charge in [-0.2, -0.15) is 16.9 Å². The molecule has 1 aromatic heterocycles. The molecule has 0 spiro atoms. The molecule has 0 aliphatic heterocycles. The molecule has 0 atom stereocenters. The van der Waals surface area contributed by atoms with E-state index in [2.05, 4.69) is 20.2 Å². The molecule has 1 fully saturated rings. The fourth-order valence-electron chi connectivity index (χ4n) is 1.81. The molecule has 1 aliphatic carbocycles. The zero-order valence-corrected chi connectivity index (χ0v) is 12.8. The maximum Gasteiger partial charge on any atom is 0.257 e. The van der Waals surface area contributed by atoms with Crippen molar-refractivity contribution < 1.29 is 8.42 Å². The minimum absolute atomic E-state index is 0.106. The molecule has 1 aliphatic rings. The van der Waals surface area contributed by atoms with Gasteiger partial charge in [-0.3, -0.25) is 5.10 Å². The van der Waals surface area contributed by atoms with Crippen molar-refractivity contribution in [3.8, 4) is 0 Å². The number of hydrogen-bond acceptors (Lipinski definition) is 5. The average molecular weight is 304 g/mol. The van der Waals surface area contributed by atoms with Crippen LogP contribution < -0.4 is 10.0 Å². The van der Waals surface area contributed by atoms with E-state index in [1.165, 1.54) is 0 Å². The van der Waals surface area contributed by atoms with E-state index in [1.807, 2.05) is 13.2 Å². The molecule has 0 aromatic carbocycles. The monoisotopic (exact) mass is 304 g/mol. The molecule has 8 heteroatoms. The van der Waals surface area contributed by atoms with Crippen LogP contribution in [0.5, 0.6) is 0 Å². The van der Waals surface area contributed by atoms with E-state index < -0.39 is 10.0 Å². The highest BCUT2D eigenvalue weighted by Gasteiger charge is 2.42. The van der Waals surface area contributed by atoms with Crippen LogP contribution in [0.25, 0.3) is 0 Å². The van der Waals surface area contributed by atoms with Crippen LogP contribution in [0, 0.1) is 0 Å². The van der Waals surface area contributed by atoms with Crippen molar-refractivity contribution in [2.75, 3.05) is 19.3 Å². The van der Waals surface area contributed by atoms with Gasteiger partial charge in [-0.1, -0.05) is 6.92 Å². The molecule has 0 bridgehead atoms. The molecule has 0 amide bonds. The van der Waals surface area contributed by atoms with E-state index >= 15 is 0 Å². The third-order valence-corrected chi connectivity index (χ3v) is 6.17. The van der Waals surface area contributed by atoms with Gasteiger partial charge in [0.1, 0.15) is 0 Å². The summed E-state index contributed by atoms with van der Waals surface area (Å²) in [6.07, 6.45) is 5.72. The summed E-state index contributed by atoms with van der Waals surface area (Å²) in [4.78, 5) is 0. The van der Waals surface area contributed by atoms with Gasteiger partial charge in [0, 0.05) is 23.4 Å². The Morgan fingerprint density at radius 3 is 2.84 bits per heavy atom. The van der Waals surface area contributed by atoms with Crippen LogP contribution in [0.4, 0.5) is 0 Å². The highest BCUT2D eigenvalue weighted by molar-refractivity contribution is 8.00. The molecular formula is C11H20N4O2S2. The molecule has 6 nitrogen and oxygen atoms in total. The summed E-state index contributed by atoms with van der Waals surface area (Å²) < 4.78 is 27.3. The Kier molecular flexibility index (Phi) is 4.54. The van der Waals surface area contributed by atoms with E-state index in [1.54, 1.807) is 18.0 Å².